The number of hydrogen-bond acceptors (Lipinski definition) is 1. The highest BCUT2D eigenvalue weighted by molar-refractivity contribution is 6.42. The largest absolute Gasteiger partial charge is 0.345 e. The molecule has 1 atom stereocenters. The zero-order valence-electron chi connectivity index (χ0n) is 11.7. The predicted molar refractivity (Wildman–Crippen MR) is 82.4 cm³/mol. The summed E-state index contributed by atoms with van der Waals surface area (Å²) in [6.07, 6.45) is 3.75. The van der Waals surface area contributed by atoms with Gasteiger partial charge in [-0.25, -0.2) is 0 Å². The second-order valence-electron chi connectivity index (χ2n) is 5.45. The summed E-state index contributed by atoms with van der Waals surface area (Å²) in [6.45, 7) is 4.73. The van der Waals surface area contributed by atoms with Gasteiger partial charge in [0.2, 0.25) is 0 Å². The van der Waals surface area contributed by atoms with E-state index >= 15 is 0 Å². The summed E-state index contributed by atoms with van der Waals surface area (Å²) in [5.41, 5.74) is 0.974. The van der Waals surface area contributed by atoms with Gasteiger partial charge in [0.05, 0.1) is 29.2 Å². The highest BCUT2D eigenvalue weighted by atomic mass is 35.5. The van der Waals surface area contributed by atoms with Gasteiger partial charge >= 0.3 is 0 Å². The average Bonchev–Trinajstić information content (AvgIpc) is 2.42. The number of rotatable bonds is 4. The third kappa shape index (κ3) is 4.37. The first kappa shape index (κ1) is 15.6. The number of hydrogen-bond donors (Lipinski definition) is 2. The Balaban J connectivity index is 1.87. The molecule has 1 aliphatic heterocycles. The molecule has 5 heteroatoms. The van der Waals surface area contributed by atoms with Crippen molar-refractivity contribution in [3.05, 3.63) is 33.8 Å². The summed E-state index contributed by atoms with van der Waals surface area (Å²) in [5.74, 6) is 0.0977. The molecule has 1 aliphatic rings. The van der Waals surface area contributed by atoms with Crippen molar-refractivity contribution in [1.29, 1.82) is 0 Å². The molecule has 20 heavy (non-hydrogen) atoms. The summed E-state index contributed by atoms with van der Waals surface area (Å²) < 4.78 is 0. The fourth-order valence-electron chi connectivity index (χ4n) is 2.61. The Kier molecular flexibility index (Phi) is 5.70. The van der Waals surface area contributed by atoms with E-state index in [0.29, 0.717) is 16.6 Å². The minimum atomic E-state index is -0.0542. The Morgan fingerprint density at radius 1 is 1.25 bits per heavy atom. The van der Waals surface area contributed by atoms with Crippen molar-refractivity contribution in [2.75, 3.05) is 19.6 Å². The standard InChI is InChI=1S/C15H20Cl2N2O/c1-11(12-5-6-13(16)14(17)9-12)18-15(20)10-19-7-3-2-4-8-19/h5-6,9,11H,2-4,7-8,10H2,1H3,(H,18,20)/p+1/t11-/m0/s1. The maximum Gasteiger partial charge on any atom is 0.275 e. The van der Waals surface area contributed by atoms with E-state index in [1.165, 1.54) is 24.2 Å². The van der Waals surface area contributed by atoms with Crippen LogP contribution in [0, 0.1) is 0 Å². The van der Waals surface area contributed by atoms with Crippen LogP contribution in [0.25, 0.3) is 0 Å². The van der Waals surface area contributed by atoms with Crippen LogP contribution < -0.4 is 10.2 Å². The van der Waals surface area contributed by atoms with Gasteiger partial charge in [0, 0.05) is 0 Å². The third-order valence-electron chi connectivity index (χ3n) is 3.79. The second-order valence-corrected chi connectivity index (χ2v) is 6.26. The Morgan fingerprint density at radius 2 is 1.95 bits per heavy atom. The van der Waals surface area contributed by atoms with Crippen molar-refractivity contribution in [3.8, 4) is 0 Å². The molecule has 0 aliphatic carbocycles. The topological polar surface area (TPSA) is 33.5 Å². The third-order valence-corrected chi connectivity index (χ3v) is 4.53. The van der Waals surface area contributed by atoms with Crippen molar-refractivity contribution < 1.29 is 9.69 Å². The summed E-state index contributed by atoms with van der Waals surface area (Å²) >= 11 is 11.9. The molecule has 3 nitrogen and oxygen atoms in total. The van der Waals surface area contributed by atoms with Crippen molar-refractivity contribution >= 4 is 29.1 Å². The van der Waals surface area contributed by atoms with E-state index in [2.05, 4.69) is 5.32 Å². The van der Waals surface area contributed by atoms with E-state index in [1.54, 1.807) is 6.07 Å². The molecular formula is C15H21Cl2N2O+. The smallest absolute Gasteiger partial charge is 0.275 e. The lowest BCUT2D eigenvalue weighted by molar-refractivity contribution is -0.896. The normalized spacial score (nSPS) is 17.8. The van der Waals surface area contributed by atoms with Crippen LogP contribution in [0.15, 0.2) is 18.2 Å². The molecule has 0 unspecified atom stereocenters. The molecule has 0 aromatic heterocycles. The first-order valence-corrected chi connectivity index (χ1v) is 7.89. The van der Waals surface area contributed by atoms with Gasteiger partial charge in [-0.2, -0.15) is 0 Å². The van der Waals surface area contributed by atoms with Crippen LogP contribution in [0.5, 0.6) is 0 Å². The molecule has 0 spiro atoms. The molecule has 1 fully saturated rings. The van der Waals surface area contributed by atoms with Gasteiger partial charge in [-0.15, -0.1) is 0 Å². The van der Waals surface area contributed by atoms with Crippen LogP contribution >= 0.6 is 23.2 Å². The number of halogens is 2. The number of carbonyl (C=O) groups is 1. The second kappa shape index (κ2) is 7.30. The highest BCUT2D eigenvalue weighted by Crippen LogP contribution is 2.25. The van der Waals surface area contributed by atoms with Gasteiger partial charge in [0.1, 0.15) is 0 Å². The van der Waals surface area contributed by atoms with Gasteiger partial charge in [-0.1, -0.05) is 29.3 Å². The SMILES string of the molecule is C[C@H](NC(=O)C[NH+]1CCCCC1)c1ccc(Cl)c(Cl)c1. The van der Waals surface area contributed by atoms with E-state index in [-0.39, 0.29) is 11.9 Å². The molecule has 0 bridgehead atoms. The summed E-state index contributed by atoms with van der Waals surface area (Å²) in [7, 11) is 0. The van der Waals surface area contributed by atoms with Crippen molar-refractivity contribution in [1.82, 2.24) is 5.32 Å². The van der Waals surface area contributed by atoms with E-state index in [0.717, 1.165) is 18.7 Å². The summed E-state index contributed by atoms with van der Waals surface area (Å²) in [4.78, 5) is 13.4. The van der Waals surface area contributed by atoms with Gasteiger partial charge in [0.25, 0.3) is 5.91 Å². The molecule has 1 aromatic carbocycles. The van der Waals surface area contributed by atoms with Crippen LogP contribution in [0.2, 0.25) is 10.0 Å². The molecule has 0 saturated carbocycles. The lowest BCUT2D eigenvalue weighted by atomic mass is 10.1. The van der Waals surface area contributed by atoms with Crippen molar-refractivity contribution in [2.24, 2.45) is 0 Å². The first-order chi connectivity index (χ1) is 9.56. The van der Waals surface area contributed by atoms with Crippen LogP contribution in [0.4, 0.5) is 0 Å². The zero-order valence-corrected chi connectivity index (χ0v) is 13.2. The molecule has 1 heterocycles. The number of amides is 1. The minimum absolute atomic E-state index is 0.0542. The van der Waals surface area contributed by atoms with Gasteiger partial charge in [-0.05, 0) is 43.9 Å². The van der Waals surface area contributed by atoms with Crippen molar-refractivity contribution in [3.63, 3.8) is 0 Å². The van der Waals surface area contributed by atoms with Crippen molar-refractivity contribution in [2.45, 2.75) is 32.2 Å². The van der Waals surface area contributed by atoms with Gasteiger partial charge < -0.3 is 10.2 Å². The Hall–Kier alpha value is -0.770. The fourth-order valence-corrected chi connectivity index (χ4v) is 2.92. The Morgan fingerprint density at radius 3 is 2.60 bits per heavy atom. The van der Waals surface area contributed by atoms with E-state index in [1.807, 2.05) is 19.1 Å². The molecule has 2 N–H and O–H groups in total. The molecule has 1 saturated heterocycles. The van der Waals surface area contributed by atoms with Crippen LogP contribution in [-0.2, 0) is 4.79 Å². The van der Waals surface area contributed by atoms with Crippen LogP contribution in [0.1, 0.15) is 37.8 Å². The van der Waals surface area contributed by atoms with Crippen LogP contribution in [0.3, 0.4) is 0 Å². The molecule has 1 aromatic rings. The van der Waals surface area contributed by atoms with Gasteiger partial charge in [0.15, 0.2) is 6.54 Å². The quantitative estimate of drug-likeness (QED) is 0.878. The maximum atomic E-state index is 12.1. The number of carbonyl (C=O) groups excluding carboxylic acids is 1. The minimum Gasteiger partial charge on any atom is -0.345 e. The number of benzene rings is 1. The van der Waals surface area contributed by atoms with E-state index in [9.17, 15) is 4.79 Å². The predicted octanol–water partition coefficient (Wildman–Crippen LogP) is 2.24. The molecule has 2 rings (SSSR count). The lowest BCUT2D eigenvalue weighted by Gasteiger charge is -2.24. The average molecular weight is 316 g/mol. The molecule has 110 valence electrons. The zero-order chi connectivity index (χ0) is 14.5. The summed E-state index contributed by atoms with van der Waals surface area (Å²) in [5, 5.41) is 4.08. The molecular weight excluding hydrogens is 295 g/mol. The number of nitrogens with one attached hydrogen (secondary N) is 2. The summed E-state index contributed by atoms with van der Waals surface area (Å²) in [6, 6.07) is 5.41. The Bertz CT molecular complexity index is 473. The number of likely N-dealkylation sites (tertiary alicyclic amines) is 1. The lowest BCUT2D eigenvalue weighted by Crippen LogP contribution is -3.13. The molecule has 1 amide bonds. The van der Waals surface area contributed by atoms with Crippen LogP contribution in [-0.4, -0.2) is 25.5 Å². The first-order valence-electron chi connectivity index (χ1n) is 7.14. The number of quaternary nitrogens is 1. The Labute approximate surface area is 130 Å². The monoisotopic (exact) mass is 315 g/mol. The fraction of sp³-hybridized carbons (Fsp3) is 0.533. The molecule has 0 radical (unpaired) electrons. The van der Waals surface area contributed by atoms with Gasteiger partial charge in [-0.3, -0.25) is 4.79 Å². The highest BCUT2D eigenvalue weighted by Gasteiger charge is 2.19. The van der Waals surface area contributed by atoms with E-state index < -0.39 is 0 Å². The maximum absolute atomic E-state index is 12.1. The van der Waals surface area contributed by atoms with E-state index in [4.69, 9.17) is 23.2 Å². The number of piperidine rings is 1.